The van der Waals surface area contributed by atoms with Gasteiger partial charge in [0, 0.05) is 30.0 Å². The van der Waals surface area contributed by atoms with E-state index < -0.39 is 23.8 Å². The molecule has 2 aromatic heterocycles. The van der Waals surface area contributed by atoms with Crippen molar-refractivity contribution in [1.29, 1.82) is 0 Å². The number of carbonyl (C=O) groups excluding carboxylic acids is 4. The van der Waals surface area contributed by atoms with Crippen LogP contribution in [0.1, 0.15) is 71.7 Å². The molecular formula is C40H40N8O5S. The van der Waals surface area contributed by atoms with Crippen LogP contribution < -0.4 is 15.8 Å². The monoisotopic (exact) mass is 744 g/mol. The van der Waals surface area contributed by atoms with E-state index in [1.807, 2.05) is 65.3 Å². The lowest BCUT2D eigenvalue weighted by atomic mass is 10.0. The van der Waals surface area contributed by atoms with Gasteiger partial charge >= 0.3 is 0 Å². The zero-order valence-electron chi connectivity index (χ0n) is 29.6. The number of anilines is 1. The van der Waals surface area contributed by atoms with Crippen LogP contribution >= 0.6 is 11.8 Å². The highest BCUT2D eigenvalue weighted by molar-refractivity contribution is 7.99. The molecule has 3 N–H and O–H groups in total. The second-order valence-corrected chi connectivity index (χ2v) is 14.9. The van der Waals surface area contributed by atoms with Crippen LogP contribution in [0.25, 0.3) is 22.3 Å². The zero-order valence-corrected chi connectivity index (χ0v) is 30.5. The van der Waals surface area contributed by atoms with Crippen molar-refractivity contribution in [3.63, 3.8) is 0 Å². The van der Waals surface area contributed by atoms with Gasteiger partial charge in [-0.05, 0) is 92.9 Å². The van der Waals surface area contributed by atoms with Crippen molar-refractivity contribution < 1.29 is 23.9 Å². The van der Waals surface area contributed by atoms with Gasteiger partial charge in [-0.25, -0.2) is 14.6 Å². The summed E-state index contributed by atoms with van der Waals surface area (Å²) in [4.78, 5) is 63.8. The largest absolute Gasteiger partial charge is 0.457 e. The lowest BCUT2D eigenvalue weighted by Gasteiger charge is -2.32. The smallest absolute Gasteiger partial charge is 0.263 e. The third-order valence-electron chi connectivity index (χ3n) is 10.3. The molecule has 3 aromatic carbocycles. The van der Waals surface area contributed by atoms with Gasteiger partial charge in [0.1, 0.15) is 35.4 Å². The number of unbranched alkanes of at least 4 members (excludes halogenated alkanes) is 2. The maximum atomic E-state index is 13.4. The third kappa shape index (κ3) is 7.06. The van der Waals surface area contributed by atoms with E-state index in [2.05, 4.69) is 20.2 Å². The first-order chi connectivity index (χ1) is 26.4. The van der Waals surface area contributed by atoms with Crippen LogP contribution in [0.4, 0.5) is 5.82 Å². The Labute approximate surface area is 316 Å². The number of piperidine rings is 2. The van der Waals surface area contributed by atoms with Crippen molar-refractivity contribution in [3.8, 4) is 22.8 Å². The molecule has 54 heavy (non-hydrogen) atoms. The van der Waals surface area contributed by atoms with E-state index in [0.29, 0.717) is 16.9 Å². The molecule has 0 spiro atoms. The van der Waals surface area contributed by atoms with Gasteiger partial charge in [0.25, 0.3) is 11.8 Å². The van der Waals surface area contributed by atoms with E-state index in [1.165, 1.54) is 6.33 Å². The Hall–Kier alpha value is -5.60. The summed E-state index contributed by atoms with van der Waals surface area (Å²) in [6.07, 6.45) is 6.69. The molecule has 13 nitrogen and oxygen atoms in total. The lowest BCUT2D eigenvalue weighted by molar-refractivity contribution is -0.136. The number of fused-ring (bicyclic) bond motifs is 2. The minimum absolute atomic E-state index is 0.0966. The van der Waals surface area contributed by atoms with E-state index in [1.54, 1.807) is 23.9 Å². The molecule has 1 unspecified atom stereocenters. The molecule has 14 heteroatoms. The molecule has 5 heterocycles. The molecule has 276 valence electrons. The number of para-hydroxylation sites is 1. The van der Waals surface area contributed by atoms with Crippen LogP contribution in [0.3, 0.4) is 0 Å². The number of ether oxygens (including phenoxy) is 1. The Morgan fingerprint density at radius 3 is 2.39 bits per heavy atom. The van der Waals surface area contributed by atoms with Crippen LogP contribution in [-0.4, -0.2) is 84.6 Å². The predicted octanol–water partition coefficient (Wildman–Crippen LogP) is 5.87. The quantitative estimate of drug-likeness (QED) is 0.0892. The zero-order chi connectivity index (χ0) is 37.2. The van der Waals surface area contributed by atoms with E-state index in [9.17, 15) is 19.2 Å². The number of hydrogen-bond donors (Lipinski definition) is 2. The summed E-state index contributed by atoms with van der Waals surface area (Å²) in [7, 11) is 0. The number of nitrogen functional groups attached to an aromatic ring is 1. The molecular weight excluding hydrogens is 705 g/mol. The molecule has 5 aromatic rings. The summed E-state index contributed by atoms with van der Waals surface area (Å²) in [6, 6.07) is 22.0. The molecule has 3 aliphatic heterocycles. The summed E-state index contributed by atoms with van der Waals surface area (Å²) in [5.41, 5.74) is 9.50. The lowest BCUT2D eigenvalue weighted by Crippen LogP contribution is -2.54. The van der Waals surface area contributed by atoms with Crippen LogP contribution in [0, 0.1) is 0 Å². The summed E-state index contributed by atoms with van der Waals surface area (Å²) in [5, 5.41) is 8.08. The number of rotatable bonds is 12. The number of aromatic nitrogens is 4. The SMILES string of the molecule is Nc1ncnc2c1c(-c1ccc(Oc3ccccc3)cc1)nn2C1CCN(CCCCCSc2cccc3c2C(=O)N(C2CCC(=O)NC2=O)C3=O)CC1. The van der Waals surface area contributed by atoms with Crippen LogP contribution in [0.15, 0.2) is 84.0 Å². The second kappa shape index (κ2) is 15.4. The molecule has 1 atom stereocenters. The number of nitrogens with zero attached hydrogens (tertiary/aromatic N) is 6. The summed E-state index contributed by atoms with van der Waals surface area (Å²) >= 11 is 1.57. The summed E-state index contributed by atoms with van der Waals surface area (Å²) < 4.78 is 8.02. The number of imide groups is 2. The fraction of sp³-hybridized carbons (Fsp3) is 0.325. The van der Waals surface area contributed by atoms with Gasteiger partial charge < -0.3 is 15.4 Å². The van der Waals surface area contributed by atoms with Gasteiger partial charge in [0.15, 0.2) is 5.65 Å². The highest BCUT2D eigenvalue weighted by Gasteiger charge is 2.45. The van der Waals surface area contributed by atoms with Crippen LogP contribution in [-0.2, 0) is 9.59 Å². The van der Waals surface area contributed by atoms with Crippen molar-refractivity contribution in [2.45, 2.75) is 61.9 Å². The first kappa shape index (κ1) is 35.4. The maximum Gasteiger partial charge on any atom is 0.263 e. The molecule has 0 radical (unpaired) electrons. The maximum absolute atomic E-state index is 13.4. The predicted molar refractivity (Wildman–Crippen MR) is 204 cm³/mol. The Bertz CT molecular complexity index is 2220. The molecule has 8 rings (SSSR count). The van der Waals surface area contributed by atoms with Gasteiger partial charge in [-0.15, -0.1) is 11.8 Å². The van der Waals surface area contributed by atoms with E-state index in [-0.39, 0.29) is 24.8 Å². The number of carbonyl (C=O) groups is 4. The standard InChI is InChI=1S/C40H40N8O5S/c41-36-34-35(25-12-14-28(15-13-25)53-27-8-3-1-4-9-27)45-48(37(34)43-24-42-36)26-18-21-46(22-19-26)20-5-2-6-23-54-31-11-7-10-29-33(31)40(52)47(39(29)51)30-16-17-32(49)44-38(30)50/h1,3-4,7-15,24,26,30H,2,5-6,16-23H2,(H2,41,42,43)(H,44,49,50). The minimum Gasteiger partial charge on any atom is -0.457 e. The number of hydrogen-bond acceptors (Lipinski definition) is 11. The average Bonchev–Trinajstić information content (AvgIpc) is 3.70. The van der Waals surface area contributed by atoms with E-state index in [4.69, 9.17) is 15.6 Å². The highest BCUT2D eigenvalue weighted by Crippen LogP contribution is 2.37. The Kier molecular flexibility index (Phi) is 10.1. The van der Waals surface area contributed by atoms with Crippen molar-refractivity contribution in [3.05, 3.63) is 90.3 Å². The normalized spacial score (nSPS) is 18.0. The molecule has 4 amide bonds. The number of benzene rings is 3. The average molecular weight is 745 g/mol. The second-order valence-electron chi connectivity index (χ2n) is 13.8. The Balaban J connectivity index is 0.826. The van der Waals surface area contributed by atoms with Crippen molar-refractivity contribution in [2.75, 3.05) is 31.1 Å². The van der Waals surface area contributed by atoms with E-state index >= 15 is 0 Å². The number of amides is 4. The summed E-state index contributed by atoms with van der Waals surface area (Å²) in [6.45, 7) is 2.92. The Morgan fingerprint density at radius 2 is 1.61 bits per heavy atom. The highest BCUT2D eigenvalue weighted by atomic mass is 32.2. The van der Waals surface area contributed by atoms with Gasteiger partial charge in [0.05, 0.1) is 22.6 Å². The van der Waals surface area contributed by atoms with Gasteiger partial charge in [0.2, 0.25) is 11.8 Å². The number of nitrogens with two attached hydrogens (primary N) is 1. The molecule has 2 saturated heterocycles. The fourth-order valence-corrected chi connectivity index (χ4v) is 8.63. The number of nitrogens with one attached hydrogen (secondary N) is 1. The van der Waals surface area contributed by atoms with Crippen LogP contribution in [0.2, 0.25) is 0 Å². The van der Waals surface area contributed by atoms with E-state index in [0.717, 1.165) is 101 Å². The fourth-order valence-electron chi connectivity index (χ4n) is 7.55. The third-order valence-corrected chi connectivity index (χ3v) is 11.5. The number of likely N-dealkylation sites (tertiary alicyclic amines) is 1. The molecule has 3 aliphatic rings. The molecule has 0 saturated carbocycles. The Morgan fingerprint density at radius 1 is 0.833 bits per heavy atom. The molecule has 0 bridgehead atoms. The van der Waals surface area contributed by atoms with Crippen molar-refractivity contribution in [1.82, 2.24) is 34.9 Å². The van der Waals surface area contributed by atoms with Crippen LogP contribution in [0.5, 0.6) is 11.5 Å². The molecule has 0 aliphatic carbocycles. The first-order valence-corrected chi connectivity index (χ1v) is 19.4. The van der Waals surface area contributed by atoms with Crippen molar-refractivity contribution >= 4 is 52.2 Å². The molecule has 2 fully saturated rings. The topological polar surface area (TPSA) is 166 Å². The number of thioether (sulfide) groups is 1. The van der Waals surface area contributed by atoms with Crippen molar-refractivity contribution in [2.24, 2.45) is 0 Å². The summed E-state index contributed by atoms with van der Waals surface area (Å²) in [5.74, 6) is 0.793. The van der Waals surface area contributed by atoms with Gasteiger partial charge in [-0.3, -0.25) is 29.4 Å². The van der Waals surface area contributed by atoms with Gasteiger partial charge in [-0.2, -0.15) is 5.10 Å². The van der Waals surface area contributed by atoms with Gasteiger partial charge in [-0.1, -0.05) is 30.7 Å². The first-order valence-electron chi connectivity index (χ1n) is 18.4. The minimum atomic E-state index is -0.966.